The second-order valence-corrected chi connectivity index (χ2v) is 4.28. The van der Waals surface area contributed by atoms with E-state index in [1.165, 1.54) is 23.2 Å². The summed E-state index contributed by atoms with van der Waals surface area (Å²) in [6.07, 6.45) is 2.79. The van der Waals surface area contributed by atoms with Crippen molar-refractivity contribution in [1.29, 1.82) is 0 Å². The summed E-state index contributed by atoms with van der Waals surface area (Å²) in [6, 6.07) is 11.0. The van der Waals surface area contributed by atoms with Crippen LogP contribution < -0.4 is 5.56 Å². The fourth-order valence-corrected chi connectivity index (χ4v) is 1.71. The molecule has 19 heavy (non-hydrogen) atoms. The zero-order valence-corrected chi connectivity index (χ0v) is 10.7. The van der Waals surface area contributed by atoms with Gasteiger partial charge in [-0.1, -0.05) is 30.3 Å². The van der Waals surface area contributed by atoms with E-state index in [1.54, 1.807) is 11.9 Å². The van der Waals surface area contributed by atoms with Gasteiger partial charge in [-0.2, -0.15) is 0 Å². The number of likely N-dealkylation sites (N-methyl/N-ethyl adjacent to an activating group) is 1. The number of carbonyl (C=O) groups excluding carboxylic acids is 1. The third kappa shape index (κ3) is 3.51. The largest absolute Gasteiger partial charge is 0.340 e. The summed E-state index contributed by atoms with van der Waals surface area (Å²) in [6.45, 7) is 0.532. The van der Waals surface area contributed by atoms with E-state index in [-0.39, 0.29) is 18.0 Å². The Balaban J connectivity index is 2.01. The van der Waals surface area contributed by atoms with Gasteiger partial charge in [0, 0.05) is 25.9 Å². The molecule has 1 aromatic heterocycles. The molecule has 5 nitrogen and oxygen atoms in total. The first-order chi connectivity index (χ1) is 9.16. The molecule has 1 aromatic carbocycles. The second-order valence-electron chi connectivity index (χ2n) is 4.28. The Kier molecular flexibility index (Phi) is 4.07. The summed E-state index contributed by atoms with van der Waals surface area (Å²) in [5.41, 5.74) is 0.827. The van der Waals surface area contributed by atoms with E-state index in [1.807, 2.05) is 30.3 Å². The predicted octanol–water partition coefficient (Wildman–Crippen LogP) is 0.902. The summed E-state index contributed by atoms with van der Waals surface area (Å²) in [5.74, 6) is -0.126. The van der Waals surface area contributed by atoms with Crippen LogP contribution in [0.25, 0.3) is 0 Å². The first-order valence-corrected chi connectivity index (χ1v) is 5.95. The minimum absolute atomic E-state index is 0.00993. The summed E-state index contributed by atoms with van der Waals surface area (Å²) in [5, 5.41) is 0. The molecule has 0 radical (unpaired) electrons. The van der Waals surface area contributed by atoms with Gasteiger partial charge in [0.05, 0.1) is 6.33 Å². The molecule has 0 N–H and O–H groups in total. The number of nitrogens with zero attached hydrogens (tertiary/aromatic N) is 3. The van der Waals surface area contributed by atoms with Crippen molar-refractivity contribution in [3.63, 3.8) is 0 Å². The highest BCUT2D eigenvalue weighted by atomic mass is 16.2. The van der Waals surface area contributed by atoms with Crippen LogP contribution in [0.2, 0.25) is 0 Å². The molecule has 0 unspecified atom stereocenters. The second kappa shape index (κ2) is 5.95. The lowest BCUT2D eigenvalue weighted by Crippen LogP contribution is -2.33. The SMILES string of the molecule is CN(Cc1ccccc1)C(=O)Cn1cnccc1=O. The lowest BCUT2D eigenvalue weighted by atomic mass is 10.2. The van der Waals surface area contributed by atoms with E-state index in [4.69, 9.17) is 0 Å². The van der Waals surface area contributed by atoms with Gasteiger partial charge in [0.15, 0.2) is 0 Å². The van der Waals surface area contributed by atoms with E-state index in [0.29, 0.717) is 6.54 Å². The highest BCUT2D eigenvalue weighted by Crippen LogP contribution is 2.03. The molecule has 2 aromatic rings. The molecule has 98 valence electrons. The van der Waals surface area contributed by atoms with Crippen molar-refractivity contribution in [2.45, 2.75) is 13.1 Å². The van der Waals surface area contributed by atoms with E-state index >= 15 is 0 Å². The first-order valence-electron chi connectivity index (χ1n) is 5.95. The Morgan fingerprint density at radius 3 is 2.68 bits per heavy atom. The standard InChI is InChI=1S/C14H15N3O2/c1-16(9-12-5-3-2-4-6-12)14(19)10-17-11-15-8-7-13(17)18/h2-8,11H,9-10H2,1H3. The van der Waals surface area contributed by atoms with Crippen LogP contribution in [-0.4, -0.2) is 27.4 Å². The van der Waals surface area contributed by atoms with Gasteiger partial charge < -0.3 is 4.90 Å². The number of hydrogen-bond acceptors (Lipinski definition) is 3. The maximum Gasteiger partial charge on any atom is 0.253 e. The van der Waals surface area contributed by atoms with Crippen LogP contribution in [0.5, 0.6) is 0 Å². The van der Waals surface area contributed by atoms with Crippen LogP contribution in [0.4, 0.5) is 0 Å². The topological polar surface area (TPSA) is 55.2 Å². The Bertz CT molecular complexity index is 607. The Hall–Kier alpha value is -2.43. The molecule has 0 saturated carbocycles. The quantitative estimate of drug-likeness (QED) is 0.817. The van der Waals surface area contributed by atoms with Crippen LogP contribution in [0, 0.1) is 0 Å². The van der Waals surface area contributed by atoms with Crippen molar-refractivity contribution >= 4 is 5.91 Å². The van der Waals surface area contributed by atoms with Crippen LogP contribution in [0.1, 0.15) is 5.56 Å². The Labute approximate surface area is 111 Å². The molecule has 0 fully saturated rings. The molecule has 5 heteroatoms. The molecule has 0 aliphatic heterocycles. The maximum atomic E-state index is 12.0. The molecular formula is C14H15N3O2. The first kappa shape index (κ1) is 13.0. The van der Waals surface area contributed by atoms with Crippen LogP contribution in [0.3, 0.4) is 0 Å². The van der Waals surface area contributed by atoms with Gasteiger partial charge in [-0.15, -0.1) is 0 Å². The number of amides is 1. The van der Waals surface area contributed by atoms with Gasteiger partial charge in [0.25, 0.3) is 5.56 Å². The molecule has 2 rings (SSSR count). The molecule has 0 spiro atoms. The van der Waals surface area contributed by atoms with Crippen LogP contribution in [-0.2, 0) is 17.9 Å². The van der Waals surface area contributed by atoms with Gasteiger partial charge in [-0.05, 0) is 5.56 Å². The van der Waals surface area contributed by atoms with E-state index in [0.717, 1.165) is 5.56 Å². The summed E-state index contributed by atoms with van der Waals surface area (Å²) in [7, 11) is 1.72. The predicted molar refractivity (Wildman–Crippen MR) is 71.4 cm³/mol. The van der Waals surface area contributed by atoms with Crippen molar-refractivity contribution in [3.8, 4) is 0 Å². The molecule has 1 heterocycles. The van der Waals surface area contributed by atoms with E-state index in [9.17, 15) is 9.59 Å². The molecule has 0 aliphatic rings. The smallest absolute Gasteiger partial charge is 0.253 e. The van der Waals surface area contributed by atoms with Crippen molar-refractivity contribution in [1.82, 2.24) is 14.5 Å². The maximum absolute atomic E-state index is 12.0. The monoisotopic (exact) mass is 257 g/mol. The van der Waals surface area contributed by atoms with Crippen molar-refractivity contribution in [2.75, 3.05) is 7.05 Å². The number of rotatable bonds is 4. The number of hydrogen-bond donors (Lipinski definition) is 0. The van der Waals surface area contributed by atoms with Gasteiger partial charge in [0.1, 0.15) is 6.54 Å². The molecule has 0 aliphatic carbocycles. The minimum Gasteiger partial charge on any atom is -0.340 e. The highest BCUT2D eigenvalue weighted by Gasteiger charge is 2.10. The molecule has 0 saturated heterocycles. The lowest BCUT2D eigenvalue weighted by molar-refractivity contribution is -0.131. The molecule has 1 amide bonds. The lowest BCUT2D eigenvalue weighted by Gasteiger charge is -2.17. The van der Waals surface area contributed by atoms with Crippen LogP contribution >= 0.6 is 0 Å². The van der Waals surface area contributed by atoms with Crippen molar-refractivity contribution < 1.29 is 4.79 Å². The fraction of sp³-hybridized carbons (Fsp3) is 0.214. The van der Waals surface area contributed by atoms with Crippen LogP contribution in [0.15, 0.2) is 53.7 Å². The third-order valence-corrected chi connectivity index (χ3v) is 2.79. The normalized spacial score (nSPS) is 10.2. The average molecular weight is 257 g/mol. The van der Waals surface area contributed by atoms with Gasteiger partial charge in [-0.25, -0.2) is 4.98 Å². The molecule has 0 atom stereocenters. The Morgan fingerprint density at radius 2 is 2.00 bits per heavy atom. The van der Waals surface area contributed by atoms with Crippen molar-refractivity contribution in [3.05, 3.63) is 64.8 Å². The number of aromatic nitrogens is 2. The summed E-state index contributed by atoms with van der Waals surface area (Å²) >= 11 is 0. The van der Waals surface area contributed by atoms with Gasteiger partial charge in [0.2, 0.25) is 5.91 Å². The number of benzene rings is 1. The van der Waals surface area contributed by atoms with E-state index < -0.39 is 0 Å². The molecular weight excluding hydrogens is 242 g/mol. The van der Waals surface area contributed by atoms with Gasteiger partial charge in [-0.3, -0.25) is 14.2 Å². The average Bonchev–Trinajstić information content (AvgIpc) is 2.42. The minimum atomic E-state index is -0.225. The third-order valence-electron chi connectivity index (χ3n) is 2.79. The highest BCUT2D eigenvalue weighted by molar-refractivity contribution is 5.75. The van der Waals surface area contributed by atoms with E-state index in [2.05, 4.69) is 4.98 Å². The summed E-state index contributed by atoms with van der Waals surface area (Å²) in [4.78, 5) is 28.9. The number of carbonyl (C=O) groups is 1. The zero-order valence-electron chi connectivity index (χ0n) is 10.7. The van der Waals surface area contributed by atoms with Gasteiger partial charge >= 0.3 is 0 Å². The van der Waals surface area contributed by atoms with Crippen molar-refractivity contribution in [2.24, 2.45) is 0 Å². The summed E-state index contributed by atoms with van der Waals surface area (Å²) < 4.78 is 1.30. The zero-order chi connectivity index (χ0) is 13.7. The fourth-order valence-electron chi connectivity index (χ4n) is 1.71. The molecule has 0 bridgehead atoms. The Morgan fingerprint density at radius 1 is 1.26 bits per heavy atom.